The van der Waals surface area contributed by atoms with E-state index < -0.39 is 0 Å². The van der Waals surface area contributed by atoms with Gasteiger partial charge in [-0.15, -0.1) is 22.9 Å². The van der Waals surface area contributed by atoms with Gasteiger partial charge in [0, 0.05) is 21.0 Å². The first-order valence-electron chi connectivity index (χ1n) is 4.06. The third kappa shape index (κ3) is 1.58. The number of methoxy groups -OCH3 is 1. The fourth-order valence-electron chi connectivity index (χ4n) is 1.42. The molecule has 1 aromatic carbocycles. The number of hydrogen-bond acceptors (Lipinski definition) is 2. The molecule has 0 fully saturated rings. The fraction of sp³-hybridized carbons (Fsp3) is 0.200. The zero-order chi connectivity index (χ0) is 10.1. The van der Waals surface area contributed by atoms with Crippen LogP contribution in [0.1, 0.15) is 5.56 Å². The van der Waals surface area contributed by atoms with E-state index in [0.717, 1.165) is 21.4 Å². The van der Waals surface area contributed by atoms with Crippen molar-refractivity contribution in [2.45, 2.75) is 5.88 Å². The molecule has 0 aliphatic carbocycles. The zero-order valence-corrected chi connectivity index (χ0v) is 9.84. The molecule has 0 unspecified atom stereocenters. The van der Waals surface area contributed by atoms with Gasteiger partial charge in [-0.2, -0.15) is 0 Å². The minimum absolute atomic E-state index is 0.498. The van der Waals surface area contributed by atoms with E-state index >= 15 is 0 Å². The first kappa shape index (κ1) is 10.1. The van der Waals surface area contributed by atoms with E-state index in [4.69, 9.17) is 27.9 Å². The second kappa shape index (κ2) is 3.97. The van der Waals surface area contributed by atoms with Crippen LogP contribution < -0.4 is 4.74 Å². The van der Waals surface area contributed by atoms with Crippen molar-refractivity contribution < 1.29 is 4.74 Å². The number of alkyl halides is 1. The van der Waals surface area contributed by atoms with Crippen LogP contribution in [0.15, 0.2) is 17.5 Å². The Hall–Kier alpha value is -0.440. The van der Waals surface area contributed by atoms with Crippen molar-refractivity contribution in [3.8, 4) is 5.75 Å². The number of halogens is 2. The van der Waals surface area contributed by atoms with Gasteiger partial charge < -0.3 is 4.74 Å². The van der Waals surface area contributed by atoms with E-state index in [2.05, 4.69) is 0 Å². The van der Waals surface area contributed by atoms with E-state index in [-0.39, 0.29) is 0 Å². The molecule has 0 N–H and O–H groups in total. The van der Waals surface area contributed by atoms with Crippen molar-refractivity contribution >= 4 is 44.6 Å². The molecule has 0 saturated carbocycles. The quantitative estimate of drug-likeness (QED) is 0.719. The maximum absolute atomic E-state index is 5.95. The molecule has 0 saturated heterocycles. The Morgan fingerprint density at radius 3 is 2.86 bits per heavy atom. The lowest BCUT2D eigenvalue weighted by molar-refractivity contribution is 0.420. The molecule has 1 aromatic heterocycles. The van der Waals surface area contributed by atoms with E-state index in [9.17, 15) is 0 Å². The number of fused-ring (bicyclic) bond motifs is 1. The standard InChI is InChI=1S/C10H8Cl2OS/c1-13-8-2-7(12)3-9-10(8)6(4-11)5-14-9/h2-3,5H,4H2,1H3. The Morgan fingerprint density at radius 2 is 2.21 bits per heavy atom. The van der Waals surface area contributed by atoms with E-state index in [0.29, 0.717) is 10.9 Å². The highest BCUT2D eigenvalue weighted by atomic mass is 35.5. The van der Waals surface area contributed by atoms with Crippen molar-refractivity contribution in [3.05, 3.63) is 28.1 Å². The molecule has 0 amide bonds. The van der Waals surface area contributed by atoms with Gasteiger partial charge in [0.05, 0.1) is 7.11 Å². The van der Waals surface area contributed by atoms with Gasteiger partial charge in [0.2, 0.25) is 0 Å². The third-order valence-electron chi connectivity index (χ3n) is 2.04. The van der Waals surface area contributed by atoms with E-state index in [1.165, 1.54) is 0 Å². The van der Waals surface area contributed by atoms with Crippen LogP contribution in [-0.4, -0.2) is 7.11 Å². The van der Waals surface area contributed by atoms with Crippen molar-refractivity contribution in [1.82, 2.24) is 0 Å². The molecule has 0 bridgehead atoms. The maximum Gasteiger partial charge on any atom is 0.129 e. The number of ether oxygens (including phenoxy) is 1. The van der Waals surface area contributed by atoms with Gasteiger partial charge in [-0.3, -0.25) is 0 Å². The minimum Gasteiger partial charge on any atom is -0.496 e. The van der Waals surface area contributed by atoms with Gasteiger partial charge >= 0.3 is 0 Å². The average molecular weight is 247 g/mol. The summed E-state index contributed by atoms with van der Waals surface area (Å²) in [5.41, 5.74) is 1.10. The SMILES string of the molecule is COc1cc(Cl)cc2scc(CCl)c12. The molecule has 0 aliphatic heterocycles. The summed E-state index contributed by atoms with van der Waals surface area (Å²) >= 11 is 13.4. The molecule has 0 spiro atoms. The van der Waals surface area contributed by atoms with Crippen LogP contribution >= 0.6 is 34.5 Å². The van der Waals surface area contributed by atoms with Crippen LogP contribution in [0.5, 0.6) is 5.75 Å². The molecule has 2 aromatic rings. The van der Waals surface area contributed by atoms with Gasteiger partial charge in [0.25, 0.3) is 0 Å². The van der Waals surface area contributed by atoms with Gasteiger partial charge in [-0.05, 0) is 23.1 Å². The van der Waals surface area contributed by atoms with Crippen molar-refractivity contribution in [2.24, 2.45) is 0 Å². The molecule has 1 heterocycles. The monoisotopic (exact) mass is 246 g/mol. The second-order valence-corrected chi connectivity index (χ2v) is 4.49. The fourth-order valence-corrected chi connectivity index (χ4v) is 3.01. The number of rotatable bonds is 2. The summed E-state index contributed by atoms with van der Waals surface area (Å²) in [5, 5.41) is 3.81. The Balaban J connectivity index is 2.78. The Bertz CT molecular complexity index is 464. The summed E-state index contributed by atoms with van der Waals surface area (Å²) in [5.74, 6) is 1.29. The molecule has 0 aliphatic rings. The molecule has 0 radical (unpaired) electrons. The van der Waals surface area contributed by atoms with Crippen LogP contribution in [0.2, 0.25) is 5.02 Å². The summed E-state index contributed by atoms with van der Waals surface area (Å²) in [7, 11) is 1.64. The number of hydrogen-bond donors (Lipinski definition) is 0. The lowest BCUT2D eigenvalue weighted by Gasteiger charge is -2.04. The zero-order valence-electron chi connectivity index (χ0n) is 7.51. The molecule has 74 valence electrons. The maximum atomic E-state index is 5.95. The lowest BCUT2D eigenvalue weighted by Crippen LogP contribution is -1.85. The lowest BCUT2D eigenvalue weighted by atomic mass is 10.2. The van der Waals surface area contributed by atoms with Crippen LogP contribution in [0, 0.1) is 0 Å². The predicted octanol–water partition coefficient (Wildman–Crippen LogP) is 4.30. The van der Waals surface area contributed by atoms with Crippen molar-refractivity contribution in [2.75, 3.05) is 7.11 Å². The second-order valence-electron chi connectivity index (χ2n) is 2.88. The predicted molar refractivity (Wildman–Crippen MR) is 62.9 cm³/mol. The molecule has 1 nitrogen and oxygen atoms in total. The first-order valence-corrected chi connectivity index (χ1v) is 5.85. The highest BCUT2D eigenvalue weighted by Crippen LogP contribution is 2.37. The molecular weight excluding hydrogens is 239 g/mol. The average Bonchev–Trinajstić information content (AvgIpc) is 2.59. The van der Waals surface area contributed by atoms with Crippen LogP contribution in [0.3, 0.4) is 0 Å². The first-order chi connectivity index (χ1) is 6.76. The number of benzene rings is 1. The Kier molecular flexibility index (Phi) is 2.86. The third-order valence-corrected chi connectivity index (χ3v) is 3.53. The normalized spacial score (nSPS) is 10.8. The van der Waals surface area contributed by atoms with Crippen LogP contribution in [0.4, 0.5) is 0 Å². The summed E-state index contributed by atoms with van der Waals surface area (Å²) in [6, 6.07) is 3.74. The van der Waals surface area contributed by atoms with Crippen molar-refractivity contribution in [1.29, 1.82) is 0 Å². The van der Waals surface area contributed by atoms with Gasteiger partial charge in [-0.1, -0.05) is 11.6 Å². The largest absolute Gasteiger partial charge is 0.496 e. The Labute approximate surface area is 96.2 Å². The van der Waals surface area contributed by atoms with Gasteiger partial charge in [0.1, 0.15) is 5.75 Å². The molecular formula is C10H8Cl2OS. The van der Waals surface area contributed by atoms with Crippen molar-refractivity contribution in [3.63, 3.8) is 0 Å². The minimum atomic E-state index is 0.498. The smallest absolute Gasteiger partial charge is 0.129 e. The summed E-state index contributed by atoms with van der Waals surface area (Å²) in [6.45, 7) is 0. The van der Waals surface area contributed by atoms with Gasteiger partial charge in [0.15, 0.2) is 0 Å². The van der Waals surface area contributed by atoms with E-state index in [1.807, 2.05) is 17.5 Å². The molecule has 0 atom stereocenters. The molecule has 4 heteroatoms. The summed E-state index contributed by atoms with van der Waals surface area (Å²) in [6.07, 6.45) is 0. The Morgan fingerprint density at radius 1 is 1.43 bits per heavy atom. The topological polar surface area (TPSA) is 9.23 Å². The summed E-state index contributed by atoms with van der Waals surface area (Å²) in [4.78, 5) is 0. The summed E-state index contributed by atoms with van der Waals surface area (Å²) < 4.78 is 6.39. The van der Waals surface area contributed by atoms with Crippen LogP contribution in [-0.2, 0) is 5.88 Å². The number of thiophene rings is 1. The molecule has 2 rings (SSSR count). The highest BCUT2D eigenvalue weighted by molar-refractivity contribution is 7.17. The highest BCUT2D eigenvalue weighted by Gasteiger charge is 2.09. The van der Waals surface area contributed by atoms with Gasteiger partial charge in [-0.25, -0.2) is 0 Å². The van der Waals surface area contributed by atoms with E-state index in [1.54, 1.807) is 18.4 Å². The molecule has 14 heavy (non-hydrogen) atoms. The van der Waals surface area contributed by atoms with Crippen LogP contribution in [0.25, 0.3) is 10.1 Å².